The second-order valence-electron chi connectivity index (χ2n) is 8.16. The van der Waals surface area contributed by atoms with Crippen LogP contribution in [0.15, 0.2) is 18.7 Å². The molecule has 2 atom stereocenters. The zero-order valence-corrected chi connectivity index (χ0v) is 13.9. The molecule has 0 saturated heterocycles. The van der Waals surface area contributed by atoms with E-state index in [2.05, 4.69) is 33.4 Å². The van der Waals surface area contributed by atoms with E-state index in [1.54, 1.807) is 0 Å². The van der Waals surface area contributed by atoms with Gasteiger partial charge >= 0.3 is 0 Å². The van der Waals surface area contributed by atoms with Crippen molar-refractivity contribution in [3.05, 3.63) is 35.4 Å². The van der Waals surface area contributed by atoms with Gasteiger partial charge < -0.3 is 5.11 Å². The Hall–Kier alpha value is -1.24. The van der Waals surface area contributed by atoms with Crippen LogP contribution in [0.4, 0.5) is 0 Å². The maximum Gasteiger partial charge on any atom is 0.123 e. The molecule has 1 fully saturated rings. The summed E-state index contributed by atoms with van der Waals surface area (Å²) < 4.78 is 0. The van der Waals surface area contributed by atoms with Crippen LogP contribution in [0.1, 0.15) is 70.1 Å². The van der Waals surface area contributed by atoms with Crippen molar-refractivity contribution in [1.82, 2.24) is 0 Å². The van der Waals surface area contributed by atoms with Crippen molar-refractivity contribution in [2.75, 3.05) is 0 Å². The number of aryl methyl sites for hydroxylation is 1. The van der Waals surface area contributed by atoms with Gasteiger partial charge in [0.15, 0.2) is 0 Å². The molecule has 1 aromatic rings. The Morgan fingerprint density at radius 3 is 2.62 bits per heavy atom. The highest BCUT2D eigenvalue weighted by molar-refractivity contribution is 5.69. The normalized spacial score (nSPS) is 30.4. The van der Waals surface area contributed by atoms with Gasteiger partial charge in [0, 0.05) is 5.56 Å². The SMILES string of the molecule is C=C(C)c1cc2c(cc1O)[C@@]1(C)CCCC(C)(C)[C@@H]1CC2. The number of hydrogen-bond acceptors (Lipinski definition) is 1. The van der Waals surface area contributed by atoms with E-state index in [1.807, 2.05) is 13.0 Å². The molecule has 0 aliphatic heterocycles. The van der Waals surface area contributed by atoms with Crippen molar-refractivity contribution < 1.29 is 5.11 Å². The molecule has 21 heavy (non-hydrogen) atoms. The Bertz CT molecular complexity index is 596. The van der Waals surface area contributed by atoms with Gasteiger partial charge in [-0.15, -0.1) is 0 Å². The van der Waals surface area contributed by atoms with Crippen molar-refractivity contribution in [3.63, 3.8) is 0 Å². The Balaban J connectivity index is 2.14. The Labute approximate surface area is 129 Å². The number of aromatic hydroxyl groups is 1. The molecule has 1 aromatic carbocycles. The van der Waals surface area contributed by atoms with Crippen LogP contribution in [0, 0.1) is 11.3 Å². The van der Waals surface area contributed by atoms with E-state index in [4.69, 9.17) is 0 Å². The van der Waals surface area contributed by atoms with Gasteiger partial charge in [0.2, 0.25) is 0 Å². The van der Waals surface area contributed by atoms with Crippen LogP contribution in [-0.2, 0) is 11.8 Å². The summed E-state index contributed by atoms with van der Waals surface area (Å²) in [5.74, 6) is 1.13. The van der Waals surface area contributed by atoms with E-state index >= 15 is 0 Å². The molecule has 114 valence electrons. The van der Waals surface area contributed by atoms with Crippen LogP contribution in [0.5, 0.6) is 5.75 Å². The lowest BCUT2D eigenvalue weighted by atomic mass is 9.50. The van der Waals surface area contributed by atoms with E-state index in [9.17, 15) is 5.11 Å². The molecule has 0 bridgehead atoms. The highest BCUT2D eigenvalue weighted by Crippen LogP contribution is 2.57. The number of hydrogen-bond donors (Lipinski definition) is 1. The zero-order valence-electron chi connectivity index (χ0n) is 13.9. The molecular weight excluding hydrogens is 256 g/mol. The van der Waals surface area contributed by atoms with E-state index in [0.717, 1.165) is 23.5 Å². The Kier molecular flexibility index (Phi) is 3.24. The van der Waals surface area contributed by atoms with Gasteiger partial charge in [-0.2, -0.15) is 0 Å². The van der Waals surface area contributed by atoms with Crippen LogP contribution in [0.3, 0.4) is 0 Å². The molecule has 1 N–H and O–H groups in total. The van der Waals surface area contributed by atoms with Gasteiger partial charge in [-0.1, -0.05) is 33.8 Å². The lowest BCUT2D eigenvalue weighted by molar-refractivity contribution is 0.0406. The summed E-state index contributed by atoms with van der Waals surface area (Å²) >= 11 is 0. The van der Waals surface area contributed by atoms with E-state index in [1.165, 1.54) is 36.8 Å². The van der Waals surface area contributed by atoms with E-state index < -0.39 is 0 Å². The highest BCUT2D eigenvalue weighted by atomic mass is 16.3. The van der Waals surface area contributed by atoms with Crippen LogP contribution in [0.2, 0.25) is 0 Å². The molecule has 1 saturated carbocycles. The predicted molar refractivity (Wildman–Crippen MR) is 89.6 cm³/mol. The van der Waals surface area contributed by atoms with Gasteiger partial charge in [0.1, 0.15) is 5.75 Å². The van der Waals surface area contributed by atoms with Crippen LogP contribution in [0.25, 0.3) is 5.57 Å². The van der Waals surface area contributed by atoms with Crippen LogP contribution >= 0.6 is 0 Å². The average molecular weight is 284 g/mol. The summed E-state index contributed by atoms with van der Waals surface area (Å²) in [4.78, 5) is 0. The first-order valence-electron chi connectivity index (χ1n) is 8.28. The van der Waals surface area contributed by atoms with Crippen molar-refractivity contribution in [2.45, 2.75) is 65.2 Å². The Morgan fingerprint density at radius 2 is 1.95 bits per heavy atom. The van der Waals surface area contributed by atoms with Crippen molar-refractivity contribution in [3.8, 4) is 5.75 Å². The molecule has 0 aromatic heterocycles. The molecule has 0 spiro atoms. The topological polar surface area (TPSA) is 20.2 Å². The monoisotopic (exact) mass is 284 g/mol. The van der Waals surface area contributed by atoms with Gasteiger partial charge in [0.05, 0.1) is 0 Å². The van der Waals surface area contributed by atoms with Gasteiger partial charge in [-0.05, 0) is 78.2 Å². The van der Waals surface area contributed by atoms with Crippen molar-refractivity contribution in [1.29, 1.82) is 0 Å². The second kappa shape index (κ2) is 4.63. The molecule has 0 unspecified atom stereocenters. The average Bonchev–Trinajstić information content (AvgIpc) is 2.37. The molecule has 0 heterocycles. The minimum absolute atomic E-state index is 0.223. The minimum atomic E-state index is 0.223. The molecule has 1 nitrogen and oxygen atoms in total. The fraction of sp³-hybridized carbons (Fsp3) is 0.600. The number of fused-ring (bicyclic) bond motifs is 3. The third-order valence-corrected chi connectivity index (χ3v) is 6.23. The molecule has 3 rings (SSSR count). The second-order valence-corrected chi connectivity index (χ2v) is 8.16. The predicted octanol–water partition coefficient (Wildman–Crippen LogP) is 5.46. The summed E-state index contributed by atoms with van der Waals surface area (Å²) in [6.07, 6.45) is 6.29. The maximum atomic E-state index is 10.4. The minimum Gasteiger partial charge on any atom is -0.507 e. The van der Waals surface area contributed by atoms with Crippen LogP contribution < -0.4 is 0 Å². The van der Waals surface area contributed by atoms with Crippen LogP contribution in [-0.4, -0.2) is 5.11 Å². The largest absolute Gasteiger partial charge is 0.507 e. The Morgan fingerprint density at radius 1 is 1.24 bits per heavy atom. The quantitative estimate of drug-likeness (QED) is 0.726. The fourth-order valence-corrected chi connectivity index (χ4v) is 5.17. The summed E-state index contributed by atoms with van der Waals surface area (Å²) in [5, 5.41) is 10.4. The first-order chi connectivity index (χ1) is 9.75. The molecule has 2 aliphatic carbocycles. The first-order valence-corrected chi connectivity index (χ1v) is 8.28. The molecular formula is C20H28O. The standard InChI is InChI=1S/C20H28O/c1-13(2)15-11-14-7-8-18-19(3,4)9-6-10-20(18,5)16(14)12-17(15)21/h11-12,18,21H,1,6-10H2,2-5H3/t18-,20+/m0/s1. The lowest BCUT2D eigenvalue weighted by Crippen LogP contribution is -2.47. The number of phenolic OH excluding ortho intramolecular Hbond substituents is 1. The van der Waals surface area contributed by atoms with Gasteiger partial charge in [0.25, 0.3) is 0 Å². The zero-order chi connectivity index (χ0) is 15.4. The number of phenols is 1. The molecule has 0 radical (unpaired) electrons. The smallest absolute Gasteiger partial charge is 0.123 e. The summed E-state index contributed by atoms with van der Waals surface area (Å²) in [6, 6.07) is 4.24. The fourth-order valence-electron chi connectivity index (χ4n) is 5.17. The number of rotatable bonds is 1. The molecule has 2 aliphatic rings. The van der Waals surface area contributed by atoms with Gasteiger partial charge in [-0.3, -0.25) is 0 Å². The molecule has 1 heteroatoms. The highest BCUT2D eigenvalue weighted by Gasteiger charge is 2.49. The number of benzene rings is 1. The van der Waals surface area contributed by atoms with E-state index in [-0.39, 0.29) is 5.41 Å². The third-order valence-electron chi connectivity index (χ3n) is 6.23. The summed E-state index contributed by atoms with van der Waals surface area (Å²) in [5.41, 5.74) is 5.34. The number of allylic oxidation sites excluding steroid dienone is 1. The van der Waals surface area contributed by atoms with Crippen molar-refractivity contribution >= 4 is 5.57 Å². The van der Waals surface area contributed by atoms with E-state index in [0.29, 0.717) is 11.2 Å². The summed E-state index contributed by atoms with van der Waals surface area (Å²) in [7, 11) is 0. The lowest BCUT2D eigenvalue weighted by Gasteiger charge is -2.54. The first kappa shape index (κ1) is 14.7. The third kappa shape index (κ3) is 2.13. The van der Waals surface area contributed by atoms with Gasteiger partial charge in [-0.25, -0.2) is 0 Å². The maximum absolute atomic E-state index is 10.4. The van der Waals surface area contributed by atoms with Crippen molar-refractivity contribution in [2.24, 2.45) is 11.3 Å². The molecule has 0 amide bonds. The summed E-state index contributed by atoms with van der Waals surface area (Å²) in [6.45, 7) is 13.3.